The molecule has 0 spiro atoms. The summed E-state index contributed by atoms with van der Waals surface area (Å²) in [4.78, 5) is 17.9. The van der Waals surface area contributed by atoms with Crippen LogP contribution in [-0.4, -0.2) is 24.0 Å². The summed E-state index contributed by atoms with van der Waals surface area (Å²) in [5, 5.41) is 10.8. The summed E-state index contributed by atoms with van der Waals surface area (Å²) in [5.41, 5.74) is 6.61. The molecule has 2 N–H and O–H groups in total. The van der Waals surface area contributed by atoms with Crippen LogP contribution in [0.1, 0.15) is 31.2 Å². The van der Waals surface area contributed by atoms with Gasteiger partial charge in [-0.25, -0.2) is 4.98 Å². The molecule has 1 atom stereocenters. The van der Waals surface area contributed by atoms with Gasteiger partial charge in [-0.1, -0.05) is 11.6 Å². The van der Waals surface area contributed by atoms with Gasteiger partial charge < -0.3 is 10.6 Å². The SMILES string of the molecule is N#Cc1cc(N2CCC[C@@H](CCC(N)=O)C2)nc2ccc(Cl)cc12. The summed E-state index contributed by atoms with van der Waals surface area (Å²) in [6, 6.07) is 9.48. The van der Waals surface area contributed by atoms with E-state index in [2.05, 4.69) is 11.0 Å². The quantitative estimate of drug-likeness (QED) is 0.924. The number of halogens is 1. The highest BCUT2D eigenvalue weighted by Gasteiger charge is 2.22. The molecule has 124 valence electrons. The Balaban J connectivity index is 1.87. The lowest BCUT2D eigenvalue weighted by atomic mass is 9.93. The molecule has 6 heteroatoms. The minimum absolute atomic E-state index is 0.250. The molecule has 0 aliphatic carbocycles. The van der Waals surface area contributed by atoms with E-state index >= 15 is 0 Å². The third-order valence-corrected chi connectivity index (χ3v) is 4.75. The number of pyridine rings is 1. The second kappa shape index (κ2) is 7.06. The van der Waals surface area contributed by atoms with Crippen molar-refractivity contribution in [3.05, 3.63) is 34.9 Å². The standard InChI is InChI=1S/C18H19ClN4O/c19-14-4-5-16-15(9-14)13(10-20)8-18(22-16)23-7-1-2-12(11-23)3-6-17(21)24/h4-5,8-9,12H,1-3,6-7,11H2,(H2,21,24)/t12-/m0/s1. The van der Waals surface area contributed by atoms with E-state index in [9.17, 15) is 10.1 Å². The van der Waals surface area contributed by atoms with E-state index < -0.39 is 0 Å². The monoisotopic (exact) mass is 342 g/mol. The summed E-state index contributed by atoms with van der Waals surface area (Å²) in [6.45, 7) is 1.74. The maximum absolute atomic E-state index is 11.0. The number of piperidine rings is 1. The van der Waals surface area contributed by atoms with Crippen molar-refractivity contribution in [1.29, 1.82) is 5.26 Å². The predicted molar refractivity (Wildman–Crippen MR) is 94.8 cm³/mol. The number of anilines is 1. The molecule has 1 aromatic heterocycles. The summed E-state index contributed by atoms with van der Waals surface area (Å²) >= 11 is 6.03. The fourth-order valence-electron chi connectivity index (χ4n) is 3.29. The van der Waals surface area contributed by atoms with E-state index in [0.29, 0.717) is 22.9 Å². The van der Waals surface area contributed by atoms with Crippen LogP contribution in [0, 0.1) is 17.2 Å². The normalized spacial score (nSPS) is 17.7. The Labute approximate surface area is 146 Å². The van der Waals surface area contributed by atoms with Crippen LogP contribution in [0.15, 0.2) is 24.3 Å². The molecule has 0 radical (unpaired) electrons. The van der Waals surface area contributed by atoms with Gasteiger partial charge in [0.25, 0.3) is 0 Å². The number of carbonyl (C=O) groups is 1. The number of benzene rings is 1. The van der Waals surface area contributed by atoms with E-state index in [-0.39, 0.29) is 5.91 Å². The van der Waals surface area contributed by atoms with Crippen LogP contribution in [-0.2, 0) is 4.79 Å². The zero-order chi connectivity index (χ0) is 17.1. The van der Waals surface area contributed by atoms with Gasteiger partial charge in [0.15, 0.2) is 0 Å². The Bertz CT molecular complexity index is 815. The Morgan fingerprint density at radius 1 is 1.46 bits per heavy atom. The molecule has 2 aromatic rings. The Hall–Kier alpha value is -2.32. The third kappa shape index (κ3) is 3.60. The van der Waals surface area contributed by atoms with Gasteiger partial charge in [0.1, 0.15) is 5.82 Å². The zero-order valence-electron chi connectivity index (χ0n) is 13.3. The van der Waals surface area contributed by atoms with Crippen LogP contribution in [0.4, 0.5) is 5.82 Å². The van der Waals surface area contributed by atoms with Crippen LogP contribution in [0.2, 0.25) is 5.02 Å². The molecule has 1 amide bonds. The van der Waals surface area contributed by atoms with Gasteiger partial charge in [-0.15, -0.1) is 0 Å². The summed E-state index contributed by atoms with van der Waals surface area (Å²) in [6.07, 6.45) is 3.37. The first-order valence-electron chi connectivity index (χ1n) is 8.10. The number of nitrogens with zero attached hydrogens (tertiary/aromatic N) is 3. The van der Waals surface area contributed by atoms with E-state index in [4.69, 9.17) is 22.3 Å². The number of hydrogen-bond acceptors (Lipinski definition) is 4. The molecular formula is C18H19ClN4O. The Morgan fingerprint density at radius 2 is 2.29 bits per heavy atom. The van der Waals surface area contributed by atoms with Crippen LogP contribution < -0.4 is 10.6 Å². The number of nitriles is 1. The van der Waals surface area contributed by atoms with Crippen molar-refractivity contribution < 1.29 is 4.79 Å². The lowest BCUT2D eigenvalue weighted by Gasteiger charge is -2.33. The molecule has 3 rings (SSSR count). The van der Waals surface area contributed by atoms with E-state index in [1.807, 2.05) is 12.1 Å². The predicted octanol–water partition coefficient (Wildman–Crippen LogP) is 3.24. The van der Waals surface area contributed by atoms with Crippen LogP contribution in [0.25, 0.3) is 10.9 Å². The lowest BCUT2D eigenvalue weighted by Crippen LogP contribution is -2.36. The van der Waals surface area contributed by atoms with Gasteiger partial charge in [-0.3, -0.25) is 4.79 Å². The smallest absolute Gasteiger partial charge is 0.217 e. The number of carbonyl (C=O) groups excluding carboxylic acids is 1. The molecule has 1 aliphatic rings. The molecule has 1 aliphatic heterocycles. The first-order chi connectivity index (χ1) is 11.6. The lowest BCUT2D eigenvalue weighted by molar-refractivity contribution is -0.118. The van der Waals surface area contributed by atoms with Crippen LogP contribution in [0.5, 0.6) is 0 Å². The molecule has 1 aromatic carbocycles. The highest BCUT2D eigenvalue weighted by Crippen LogP contribution is 2.29. The summed E-state index contributed by atoms with van der Waals surface area (Å²) < 4.78 is 0. The average molecular weight is 343 g/mol. The summed E-state index contributed by atoms with van der Waals surface area (Å²) in [7, 11) is 0. The van der Waals surface area contributed by atoms with Gasteiger partial charge in [0.2, 0.25) is 5.91 Å². The molecular weight excluding hydrogens is 324 g/mol. The van der Waals surface area contributed by atoms with Gasteiger partial charge in [-0.2, -0.15) is 5.26 Å². The number of primary amides is 1. The molecule has 24 heavy (non-hydrogen) atoms. The Morgan fingerprint density at radius 3 is 3.04 bits per heavy atom. The van der Waals surface area contributed by atoms with Crippen LogP contribution >= 0.6 is 11.6 Å². The second-order valence-electron chi connectivity index (χ2n) is 6.26. The van der Waals surface area contributed by atoms with Crippen molar-refractivity contribution in [2.24, 2.45) is 11.7 Å². The molecule has 0 saturated carbocycles. The minimum Gasteiger partial charge on any atom is -0.370 e. The largest absolute Gasteiger partial charge is 0.370 e. The second-order valence-corrected chi connectivity index (χ2v) is 6.70. The minimum atomic E-state index is -0.250. The van der Waals surface area contributed by atoms with Gasteiger partial charge in [0.05, 0.1) is 17.1 Å². The first-order valence-corrected chi connectivity index (χ1v) is 8.48. The van der Waals surface area contributed by atoms with Crippen molar-refractivity contribution in [2.45, 2.75) is 25.7 Å². The number of aromatic nitrogens is 1. The molecule has 1 fully saturated rings. The highest BCUT2D eigenvalue weighted by molar-refractivity contribution is 6.31. The maximum atomic E-state index is 11.0. The van der Waals surface area contributed by atoms with E-state index in [0.717, 1.165) is 49.1 Å². The molecule has 0 bridgehead atoms. The molecule has 5 nitrogen and oxygen atoms in total. The van der Waals surface area contributed by atoms with Crippen LogP contribution in [0.3, 0.4) is 0 Å². The number of hydrogen-bond donors (Lipinski definition) is 1. The van der Waals surface area contributed by atoms with Crippen molar-refractivity contribution in [2.75, 3.05) is 18.0 Å². The third-order valence-electron chi connectivity index (χ3n) is 4.52. The molecule has 0 unspecified atom stereocenters. The molecule has 1 saturated heterocycles. The first kappa shape index (κ1) is 16.5. The fourth-order valence-corrected chi connectivity index (χ4v) is 3.47. The number of rotatable bonds is 4. The fraction of sp³-hybridized carbons (Fsp3) is 0.389. The summed E-state index contributed by atoms with van der Waals surface area (Å²) in [5.74, 6) is 0.990. The topological polar surface area (TPSA) is 83.0 Å². The van der Waals surface area contributed by atoms with Gasteiger partial charge in [0, 0.05) is 29.9 Å². The highest BCUT2D eigenvalue weighted by atomic mass is 35.5. The van der Waals surface area contributed by atoms with E-state index in [1.54, 1.807) is 12.1 Å². The van der Waals surface area contributed by atoms with E-state index in [1.165, 1.54) is 0 Å². The Kier molecular flexibility index (Phi) is 4.86. The number of fused-ring (bicyclic) bond motifs is 1. The van der Waals surface area contributed by atoms with Gasteiger partial charge in [-0.05, 0) is 49.4 Å². The van der Waals surface area contributed by atoms with Gasteiger partial charge >= 0.3 is 0 Å². The average Bonchev–Trinajstić information content (AvgIpc) is 2.59. The number of nitrogens with two attached hydrogens (primary N) is 1. The number of amides is 1. The maximum Gasteiger partial charge on any atom is 0.217 e. The molecule has 2 heterocycles. The van der Waals surface area contributed by atoms with Crippen molar-refractivity contribution >= 4 is 34.2 Å². The van der Waals surface area contributed by atoms with Crippen molar-refractivity contribution in [1.82, 2.24) is 4.98 Å². The van der Waals surface area contributed by atoms with Crippen molar-refractivity contribution in [3.8, 4) is 6.07 Å². The van der Waals surface area contributed by atoms with Crippen molar-refractivity contribution in [3.63, 3.8) is 0 Å². The zero-order valence-corrected chi connectivity index (χ0v) is 14.1.